The first kappa shape index (κ1) is 21.0. The molecule has 1 aliphatic heterocycles. The van der Waals surface area contributed by atoms with E-state index < -0.39 is 17.4 Å². The molecule has 3 aromatic carbocycles. The van der Waals surface area contributed by atoms with Crippen molar-refractivity contribution in [1.29, 1.82) is 0 Å². The maximum atomic E-state index is 13.4. The van der Waals surface area contributed by atoms with Gasteiger partial charge in [0.2, 0.25) is 0 Å². The van der Waals surface area contributed by atoms with Crippen LogP contribution in [0.3, 0.4) is 0 Å². The van der Waals surface area contributed by atoms with E-state index in [0.29, 0.717) is 22.6 Å². The number of hydrogen-bond acceptors (Lipinski definition) is 4. The topological polar surface area (TPSA) is 76.7 Å². The van der Waals surface area contributed by atoms with Crippen molar-refractivity contribution in [3.63, 3.8) is 0 Å². The van der Waals surface area contributed by atoms with Gasteiger partial charge in [-0.2, -0.15) is 0 Å². The van der Waals surface area contributed by atoms with Gasteiger partial charge in [0.15, 0.2) is 0 Å². The minimum absolute atomic E-state index is 0.171. The molecule has 2 amide bonds. The molecule has 0 fully saturated rings. The quantitative estimate of drug-likeness (QED) is 0.636. The lowest BCUT2D eigenvalue weighted by Crippen LogP contribution is -2.46. The van der Waals surface area contributed by atoms with Gasteiger partial charge in [0.05, 0.1) is 25.8 Å². The Morgan fingerprint density at radius 2 is 1.76 bits per heavy atom. The average Bonchev–Trinajstić information content (AvgIpc) is 3.26. The molecule has 2 aliphatic rings. The zero-order chi connectivity index (χ0) is 23.3. The minimum atomic E-state index is -0.869. The lowest BCUT2D eigenvalue weighted by molar-refractivity contribution is 0.0895. The Morgan fingerprint density at radius 3 is 2.45 bits per heavy atom. The fourth-order valence-electron chi connectivity index (χ4n) is 5.21. The van der Waals surface area contributed by atoms with Gasteiger partial charge >= 0.3 is 0 Å². The highest BCUT2D eigenvalue weighted by Gasteiger charge is 2.57. The number of rotatable bonds is 4. The summed E-state index contributed by atoms with van der Waals surface area (Å²) in [6, 6.07) is 16.0. The van der Waals surface area contributed by atoms with Crippen molar-refractivity contribution in [3.05, 3.63) is 94.3 Å². The van der Waals surface area contributed by atoms with Crippen molar-refractivity contribution >= 4 is 11.8 Å². The summed E-state index contributed by atoms with van der Waals surface area (Å²) >= 11 is 0. The van der Waals surface area contributed by atoms with Gasteiger partial charge in [-0.05, 0) is 47.5 Å². The highest BCUT2D eigenvalue weighted by molar-refractivity contribution is 6.01. The molecule has 0 aromatic heterocycles. The molecule has 0 saturated carbocycles. The average molecular weight is 446 g/mol. The highest BCUT2D eigenvalue weighted by atomic mass is 19.1. The van der Waals surface area contributed by atoms with E-state index in [1.807, 2.05) is 31.2 Å². The first-order chi connectivity index (χ1) is 15.9. The molecule has 5 rings (SSSR count). The summed E-state index contributed by atoms with van der Waals surface area (Å²) in [6.45, 7) is 1.99. The molecule has 33 heavy (non-hydrogen) atoms. The van der Waals surface area contributed by atoms with Crippen LogP contribution in [0.15, 0.2) is 60.7 Å². The third-order valence-electron chi connectivity index (χ3n) is 6.79. The fraction of sp³-hybridized carbons (Fsp3) is 0.231. The van der Waals surface area contributed by atoms with Crippen LogP contribution in [-0.2, 0) is 5.54 Å². The molecular weight excluding hydrogens is 423 g/mol. The molecule has 3 atom stereocenters. The van der Waals surface area contributed by atoms with E-state index >= 15 is 0 Å². The van der Waals surface area contributed by atoms with Gasteiger partial charge in [0.1, 0.15) is 17.3 Å². The van der Waals surface area contributed by atoms with Gasteiger partial charge in [-0.1, -0.05) is 25.1 Å². The number of benzene rings is 3. The summed E-state index contributed by atoms with van der Waals surface area (Å²) < 4.78 is 24.6. The lowest BCUT2D eigenvalue weighted by Gasteiger charge is -2.33. The van der Waals surface area contributed by atoms with Crippen molar-refractivity contribution < 1.29 is 23.5 Å². The number of carbonyl (C=O) groups excluding carboxylic acids is 2. The van der Waals surface area contributed by atoms with Crippen LogP contribution < -0.4 is 20.1 Å². The Kier molecular flexibility index (Phi) is 4.85. The van der Waals surface area contributed by atoms with Gasteiger partial charge in [0.25, 0.3) is 11.8 Å². The first-order valence-electron chi connectivity index (χ1n) is 10.7. The number of hydrogen-bond donors (Lipinski definition) is 2. The van der Waals surface area contributed by atoms with Crippen LogP contribution in [0, 0.1) is 11.7 Å². The molecular formula is C26H23FN2O4. The molecule has 1 spiro atoms. The lowest BCUT2D eigenvalue weighted by atomic mass is 9.78. The molecule has 7 heteroatoms. The number of halogens is 1. The van der Waals surface area contributed by atoms with Crippen LogP contribution in [0.4, 0.5) is 4.39 Å². The van der Waals surface area contributed by atoms with Crippen molar-refractivity contribution in [3.8, 4) is 11.5 Å². The van der Waals surface area contributed by atoms with Crippen LogP contribution in [-0.4, -0.2) is 26.0 Å². The highest BCUT2D eigenvalue weighted by Crippen LogP contribution is 2.57. The zero-order valence-corrected chi connectivity index (χ0v) is 18.4. The molecule has 1 heterocycles. The van der Waals surface area contributed by atoms with Crippen LogP contribution in [0.2, 0.25) is 0 Å². The van der Waals surface area contributed by atoms with Crippen LogP contribution in [0.1, 0.15) is 50.4 Å². The van der Waals surface area contributed by atoms with Gasteiger partial charge in [0, 0.05) is 28.7 Å². The molecule has 168 valence electrons. The van der Waals surface area contributed by atoms with E-state index in [1.165, 1.54) is 24.3 Å². The minimum Gasteiger partial charge on any atom is -0.497 e. The Labute approximate surface area is 190 Å². The summed E-state index contributed by atoms with van der Waals surface area (Å²) in [4.78, 5) is 26.1. The van der Waals surface area contributed by atoms with E-state index in [9.17, 15) is 14.0 Å². The largest absolute Gasteiger partial charge is 0.497 e. The van der Waals surface area contributed by atoms with Crippen LogP contribution in [0.25, 0.3) is 0 Å². The summed E-state index contributed by atoms with van der Waals surface area (Å²) in [7, 11) is 3.13. The Hall–Kier alpha value is -3.87. The molecule has 0 unspecified atom stereocenters. The number of nitrogens with one attached hydrogen (secondary N) is 2. The van der Waals surface area contributed by atoms with E-state index in [2.05, 4.69) is 10.6 Å². The number of carbonyl (C=O) groups is 2. The van der Waals surface area contributed by atoms with Gasteiger partial charge in [-0.25, -0.2) is 4.39 Å². The van der Waals surface area contributed by atoms with Crippen molar-refractivity contribution in [2.24, 2.45) is 5.92 Å². The monoisotopic (exact) mass is 446 g/mol. The Balaban J connectivity index is 1.69. The van der Waals surface area contributed by atoms with Gasteiger partial charge in [-0.3, -0.25) is 9.59 Å². The summed E-state index contributed by atoms with van der Waals surface area (Å²) in [5.74, 6) is -0.0481. The van der Waals surface area contributed by atoms with Crippen molar-refractivity contribution in [2.75, 3.05) is 14.2 Å². The summed E-state index contributed by atoms with van der Waals surface area (Å²) in [5.41, 5.74) is 2.51. The second kappa shape index (κ2) is 7.62. The second-order valence-electron chi connectivity index (χ2n) is 8.35. The molecule has 0 saturated heterocycles. The summed E-state index contributed by atoms with van der Waals surface area (Å²) in [5, 5.41) is 6.30. The molecule has 0 bridgehead atoms. The van der Waals surface area contributed by atoms with Gasteiger partial charge in [-0.15, -0.1) is 0 Å². The molecule has 1 aliphatic carbocycles. The third-order valence-corrected chi connectivity index (χ3v) is 6.79. The standard InChI is InChI=1S/C26H23FN2O4/c1-14-23(28-24(30)15-8-10-16(27)11-9-15)22-20(12-17(32-2)13-21(22)33-3)26(14)19-7-5-4-6-18(19)25(31)29-26/h4-14,23H,1-3H3,(H,28,30)(H,29,31)/t14-,23-,26+/m0/s1. The normalized spacial score (nSPS) is 22.5. The Bertz CT molecular complexity index is 1270. The van der Waals surface area contributed by atoms with Crippen LogP contribution >= 0.6 is 0 Å². The molecule has 2 N–H and O–H groups in total. The zero-order valence-electron chi connectivity index (χ0n) is 18.4. The first-order valence-corrected chi connectivity index (χ1v) is 10.7. The number of methoxy groups -OCH3 is 2. The smallest absolute Gasteiger partial charge is 0.252 e. The van der Waals surface area contributed by atoms with Gasteiger partial charge < -0.3 is 20.1 Å². The second-order valence-corrected chi connectivity index (χ2v) is 8.35. The molecule has 6 nitrogen and oxygen atoms in total. The molecule has 0 radical (unpaired) electrons. The van der Waals surface area contributed by atoms with Crippen LogP contribution in [0.5, 0.6) is 11.5 Å². The Morgan fingerprint density at radius 1 is 1.03 bits per heavy atom. The van der Waals surface area contributed by atoms with E-state index in [0.717, 1.165) is 16.7 Å². The number of fused-ring (bicyclic) bond motifs is 4. The number of ether oxygens (including phenoxy) is 2. The fourth-order valence-corrected chi connectivity index (χ4v) is 5.21. The van der Waals surface area contributed by atoms with E-state index in [-0.39, 0.29) is 17.7 Å². The van der Waals surface area contributed by atoms with Crippen molar-refractivity contribution in [2.45, 2.75) is 18.5 Å². The van der Waals surface area contributed by atoms with E-state index in [1.54, 1.807) is 26.4 Å². The predicted molar refractivity (Wildman–Crippen MR) is 120 cm³/mol. The van der Waals surface area contributed by atoms with Crippen molar-refractivity contribution in [1.82, 2.24) is 10.6 Å². The molecule has 3 aromatic rings. The van der Waals surface area contributed by atoms with E-state index in [4.69, 9.17) is 9.47 Å². The third kappa shape index (κ3) is 2.99. The summed E-state index contributed by atoms with van der Waals surface area (Å²) in [6.07, 6.45) is 0. The maximum Gasteiger partial charge on any atom is 0.252 e. The number of amides is 2. The maximum absolute atomic E-state index is 13.4. The predicted octanol–water partition coefficient (Wildman–Crippen LogP) is 3.95. The SMILES string of the molecule is COc1cc(OC)c2c(c1)[C@@]1(NC(=O)c3ccccc31)[C@@H](C)[C@@H]2NC(=O)c1ccc(F)cc1.